The van der Waals surface area contributed by atoms with Gasteiger partial charge in [0.2, 0.25) is 5.91 Å². The molecule has 2 rings (SSSR count). The molecular formula is C13H25N3O2. The number of amides is 1. The van der Waals surface area contributed by atoms with Gasteiger partial charge in [-0.15, -0.1) is 0 Å². The SMILES string of the molecule is CCNC1COCC1C(=O)NC1CCC(N)CC1. The molecule has 5 heteroatoms. The first-order chi connectivity index (χ1) is 8.70. The lowest BCUT2D eigenvalue weighted by Crippen LogP contribution is -2.48. The second kappa shape index (κ2) is 6.50. The average molecular weight is 255 g/mol. The van der Waals surface area contributed by atoms with Crippen LogP contribution in [0, 0.1) is 5.92 Å². The summed E-state index contributed by atoms with van der Waals surface area (Å²) in [6.07, 6.45) is 4.05. The molecule has 0 aromatic carbocycles. The van der Waals surface area contributed by atoms with Crippen LogP contribution in [0.5, 0.6) is 0 Å². The smallest absolute Gasteiger partial charge is 0.227 e. The lowest BCUT2D eigenvalue weighted by molar-refractivity contribution is -0.126. The van der Waals surface area contributed by atoms with Crippen LogP contribution < -0.4 is 16.4 Å². The van der Waals surface area contributed by atoms with Gasteiger partial charge in [-0.1, -0.05) is 6.92 Å². The minimum atomic E-state index is -0.0412. The molecule has 2 fully saturated rings. The second-order valence-corrected chi connectivity index (χ2v) is 5.43. The van der Waals surface area contributed by atoms with Crippen LogP contribution in [-0.4, -0.2) is 43.8 Å². The molecule has 1 aliphatic heterocycles. The van der Waals surface area contributed by atoms with Crippen LogP contribution in [0.1, 0.15) is 32.6 Å². The third-order valence-electron chi connectivity index (χ3n) is 4.00. The van der Waals surface area contributed by atoms with Gasteiger partial charge in [0.05, 0.1) is 19.1 Å². The zero-order valence-electron chi connectivity index (χ0n) is 11.2. The predicted molar refractivity (Wildman–Crippen MR) is 70.1 cm³/mol. The molecule has 0 aromatic rings. The molecule has 0 aromatic heterocycles. The Balaban J connectivity index is 1.80. The minimum absolute atomic E-state index is 0.0412. The Kier molecular flexibility index (Phi) is 4.97. The number of nitrogens with two attached hydrogens (primary N) is 1. The monoisotopic (exact) mass is 255 g/mol. The molecule has 4 N–H and O–H groups in total. The first kappa shape index (κ1) is 13.8. The van der Waals surface area contributed by atoms with Crippen molar-refractivity contribution in [2.75, 3.05) is 19.8 Å². The van der Waals surface area contributed by atoms with Crippen molar-refractivity contribution in [2.24, 2.45) is 11.7 Å². The molecule has 2 atom stereocenters. The van der Waals surface area contributed by atoms with Gasteiger partial charge in [0.1, 0.15) is 0 Å². The Hall–Kier alpha value is -0.650. The molecule has 5 nitrogen and oxygen atoms in total. The van der Waals surface area contributed by atoms with E-state index < -0.39 is 0 Å². The summed E-state index contributed by atoms with van der Waals surface area (Å²) < 4.78 is 5.41. The highest BCUT2D eigenvalue weighted by Gasteiger charge is 2.34. The van der Waals surface area contributed by atoms with E-state index in [1.807, 2.05) is 0 Å². The maximum Gasteiger partial charge on any atom is 0.227 e. The number of nitrogens with one attached hydrogen (secondary N) is 2. The topological polar surface area (TPSA) is 76.4 Å². The van der Waals surface area contributed by atoms with Gasteiger partial charge < -0.3 is 21.1 Å². The molecular weight excluding hydrogens is 230 g/mol. The van der Waals surface area contributed by atoms with Gasteiger partial charge in [0.15, 0.2) is 0 Å². The predicted octanol–water partition coefficient (Wildman–Crippen LogP) is -0.00300. The summed E-state index contributed by atoms with van der Waals surface area (Å²) >= 11 is 0. The summed E-state index contributed by atoms with van der Waals surface area (Å²) in [5.41, 5.74) is 5.87. The lowest BCUT2D eigenvalue weighted by Gasteiger charge is -2.28. The summed E-state index contributed by atoms with van der Waals surface area (Å²) in [6.45, 7) is 4.10. The van der Waals surface area contributed by atoms with Crippen LogP contribution in [0.4, 0.5) is 0 Å². The van der Waals surface area contributed by atoms with Crippen molar-refractivity contribution in [3.63, 3.8) is 0 Å². The van der Waals surface area contributed by atoms with Crippen LogP contribution in [0.15, 0.2) is 0 Å². The largest absolute Gasteiger partial charge is 0.379 e. The van der Waals surface area contributed by atoms with E-state index in [-0.39, 0.29) is 17.9 Å². The van der Waals surface area contributed by atoms with Crippen molar-refractivity contribution in [1.82, 2.24) is 10.6 Å². The summed E-state index contributed by atoms with van der Waals surface area (Å²) in [5, 5.41) is 6.47. The Morgan fingerprint density at radius 3 is 2.67 bits per heavy atom. The van der Waals surface area contributed by atoms with Crippen molar-refractivity contribution in [3.8, 4) is 0 Å². The Labute approximate surface area is 109 Å². The third-order valence-corrected chi connectivity index (χ3v) is 4.00. The lowest BCUT2D eigenvalue weighted by atomic mass is 9.91. The average Bonchev–Trinajstić information content (AvgIpc) is 2.81. The normalized spacial score (nSPS) is 36.6. The Morgan fingerprint density at radius 1 is 1.28 bits per heavy atom. The molecule has 1 amide bonds. The highest BCUT2D eigenvalue weighted by atomic mass is 16.5. The van der Waals surface area contributed by atoms with Gasteiger partial charge in [-0.2, -0.15) is 0 Å². The van der Waals surface area contributed by atoms with E-state index in [4.69, 9.17) is 10.5 Å². The molecule has 2 unspecified atom stereocenters. The van der Waals surface area contributed by atoms with Gasteiger partial charge in [-0.05, 0) is 32.2 Å². The third kappa shape index (κ3) is 3.43. The zero-order chi connectivity index (χ0) is 13.0. The molecule has 0 radical (unpaired) electrons. The standard InChI is InChI=1S/C13H25N3O2/c1-2-15-12-8-18-7-11(12)13(17)16-10-5-3-9(14)4-6-10/h9-12,15H,2-8,14H2,1H3,(H,16,17). The fourth-order valence-electron chi connectivity index (χ4n) is 2.85. The van der Waals surface area contributed by atoms with Gasteiger partial charge in [-0.3, -0.25) is 4.79 Å². The molecule has 0 spiro atoms. The van der Waals surface area contributed by atoms with Crippen LogP contribution in [0.2, 0.25) is 0 Å². The Bertz CT molecular complexity index is 277. The van der Waals surface area contributed by atoms with Crippen molar-refractivity contribution >= 4 is 5.91 Å². The van der Waals surface area contributed by atoms with Crippen molar-refractivity contribution in [2.45, 2.75) is 50.7 Å². The van der Waals surface area contributed by atoms with Gasteiger partial charge >= 0.3 is 0 Å². The van der Waals surface area contributed by atoms with Crippen LogP contribution in [0.3, 0.4) is 0 Å². The quantitative estimate of drug-likeness (QED) is 0.661. The number of carbonyl (C=O) groups excluding carboxylic acids is 1. The number of ether oxygens (including phenoxy) is 1. The molecule has 1 aliphatic carbocycles. The molecule has 104 valence electrons. The number of carbonyl (C=O) groups is 1. The first-order valence-corrected chi connectivity index (χ1v) is 7.07. The minimum Gasteiger partial charge on any atom is -0.379 e. The first-order valence-electron chi connectivity index (χ1n) is 7.07. The maximum absolute atomic E-state index is 12.2. The molecule has 1 saturated heterocycles. The van der Waals surface area contributed by atoms with E-state index in [0.29, 0.717) is 25.3 Å². The fourth-order valence-corrected chi connectivity index (χ4v) is 2.85. The van der Waals surface area contributed by atoms with Crippen molar-refractivity contribution in [1.29, 1.82) is 0 Å². The van der Waals surface area contributed by atoms with Gasteiger partial charge in [-0.25, -0.2) is 0 Å². The summed E-state index contributed by atoms with van der Waals surface area (Å²) in [6, 6.07) is 0.795. The van der Waals surface area contributed by atoms with E-state index in [0.717, 1.165) is 32.2 Å². The molecule has 18 heavy (non-hydrogen) atoms. The highest BCUT2D eigenvalue weighted by molar-refractivity contribution is 5.80. The van der Waals surface area contributed by atoms with Gasteiger partial charge in [0, 0.05) is 18.1 Å². The number of rotatable bonds is 4. The van der Waals surface area contributed by atoms with E-state index >= 15 is 0 Å². The van der Waals surface area contributed by atoms with Crippen molar-refractivity contribution in [3.05, 3.63) is 0 Å². The number of likely N-dealkylation sites (N-methyl/N-ethyl adjacent to an activating group) is 1. The van der Waals surface area contributed by atoms with E-state index in [2.05, 4.69) is 17.6 Å². The second-order valence-electron chi connectivity index (χ2n) is 5.43. The molecule has 1 heterocycles. The highest BCUT2D eigenvalue weighted by Crippen LogP contribution is 2.19. The summed E-state index contributed by atoms with van der Waals surface area (Å²) in [4.78, 5) is 12.2. The van der Waals surface area contributed by atoms with E-state index in [1.165, 1.54) is 0 Å². The van der Waals surface area contributed by atoms with E-state index in [9.17, 15) is 4.79 Å². The molecule has 1 saturated carbocycles. The van der Waals surface area contributed by atoms with Gasteiger partial charge in [0.25, 0.3) is 0 Å². The summed E-state index contributed by atoms with van der Waals surface area (Å²) in [7, 11) is 0. The maximum atomic E-state index is 12.2. The van der Waals surface area contributed by atoms with E-state index in [1.54, 1.807) is 0 Å². The number of hydrogen-bond donors (Lipinski definition) is 3. The molecule has 2 aliphatic rings. The Morgan fingerprint density at radius 2 is 2.00 bits per heavy atom. The number of hydrogen-bond acceptors (Lipinski definition) is 4. The summed E-state index contributed by atoms with van der Waals surface area (Å²) in [5.74, 6) is 0.0967. The fraction of sp³-hybridized carbons (Fsp3) is 0.923. The van der Waals surface area contributed by atoms with Crippen LogP contribution >= 0.6 is 0 Å². The van der Waals surface area contributed by atoms with Crippen LogP contribution in [0.25, 0.3) is 0 Å². The zero-order valence-corrected chi connectivity index (χ0v) is 11.2. The van der Waals surface area contributed by atoms with Crippen molar-refractivity contribution < 1.29 is 9.53 Å². The molecule has 0 bridgehead atoms. The van der Waals surface area contributed by atoms with Crippen LogP contribution in [-0.2, 0) is 9.53 Å².